The summed E-state index contributed by atoms with van der Waals surface area (Å²) in [4.78, 5) is 31.4. The van der Waals surface area contributed by atoms with Crippen LogP contribution in [-0.4, -0.2) is 59.7 Å². The molecule has 0 aliphatic carbocycles. The third kappa shape index (κ3) is 6.08. The quantitative estimate of drug-likeness (QED) is 0.239. The van der Waals surface area contributed by atoms with Crippen molar-refractivity contribution in [1.29, 1.82) is 0 Å². The van der Waals surface area contributed by atoms with Crippen LogP contribution in [0.2, 0.25) is 5.02 Å². The SMILES string of the molecule is C[C@H](Sc1nc2ccccc2c(=O)n1Cc1ccccc1Cl)C(=O)Nc1ccc(S(=O)(=O)N2CCOCC2)cc1. The van der Waals surface area contributed by atoms with Gasteiger partial charge in [0.2, 0.25) is 15.9 Å². The number of anilines is 1. The zero-order chi connectivity index (χ0) is 28.3. The number of amides is 1. The van der Waals surface area contributed by atoms with E-state index in [0.717, 1.165) is 17.3 Å². The second-order valence-electron chi connectivity index (χ2n) is 9.18. The highest BCUT2D eigenvalue weighted by atomic mass is 35.5. The molecule has 1 fully saturated rings. The van der Waals surface area contributed by atoms with E-state index in [0.29, 0.717) is 53.1 Å². The Bertz CT molecular complexity index is 1700. The Labute approximate surface area is 241 Å². The fourth-order valence-electron chi connectivity index (χ4n) is 4.28. The molecule has 2 heterocycles. The van der Waals surface area contributed by atoms with Crippen molar-refractivity contribution in [1.82, 2.24) is 13.9 Å². The third-order valence-corrected chi connectivity index (χ3v) is 9.87. The number of nitrogens with zero attached hydrogens (tertiary/aromatic N) is 3. The van der Waals surface area contributed by atoms with Crippen LogP contribution in [0, 0.1) is 0 Å². The summed E-state index contributed by atoms with van der Waals surface area (Å²) in [6, 6.07) is 20.4. The molecule has 1 saturated heterocycles. The molecule has 1 aromatic heterocycles. The molecule has 0 radical (unpaired) electrons. The summed E-state index contributed by atoms with van der Waals surface area (Å²) in [6.45, 7) is 3.26. The number of hydrogen-bond donors (Lipinski definition) is 1. The second kappa shape index (κ2) is 12.1. The Morgan fingerprint density at radius 2 is 1.73 bits per heavy atom. The van der Waals surface area contributed by atoms with Crippen LogP contribution in [0.15, 0.2) is 87.6 Å². The highest BCUT2D eigenvalue weighted by Gasteiger charge is 2.26. The molecular weight excluding hydrogens is 572 g/mol. The number of halogens is 1. The maximum Gasteiger partial charge on any atom is 0.262 e. The molecule has 1 aliphatic rings. The van der Waals surface area contributed by atoms with Gasteiger partial charge in [0.25, 0.3) is 5.56 Å². The number of rotatable bonds is 8. The van der Waals surface area contributed by atoms with E-state index in [1.165, 1.54) is 21.0 Å². The topological polar surface area (TPSA) is 111 Å². The van der Waals surface area contributed by atoms with Gasteiger partial charge >= 0.3 is 0 Å². The number of hydrogen-bond acceptors (Lipinski definition) is 7. The standard InChI is InChI=1S/C28H27ClN4O5S2/c1-19(26(34)30-21-10-12-22(13-11-21)40(36,37)32-14-16-38-17-15-32)39-28-31-25-9-5-3-7-23(25)27(35)33(28)18-20-6-2-4-8-24(20)29/h2-13,19H,14-18H2,1H3,(H,30,34)/t19-/m0/s1. The number of nitrogens with one attached hydrogen (secondary N) is 1. The van der Waals surface area contributed by atoms with E-state index in [9.17, 15) is 18.0 Å². The molecule has 4 aromatic rings. The first kappa shape index (κ1) is 28.3. The Morgan fingerprint density at radius 1 is 1.05 bits per heavy atom. The van der Waals surface area contributed by atoms with Crippen molar-refractivity contribution in [3.63, 3.8) is 0 Å². The fraction of sp³-hybridized carbons (Fsp3) is 0.250. The normalized spacial score (nSPS) is 15.2. The monoisotopic (exact) mass is 598 g/mol. The lowest BCUT2D eigenvalue weighted by atomic mass is 10.2. The molecule has 1 N–H and O–H groups in total. The number of ether oxygens (including phenoxy) is 1. The number of benzene rings is 3. The van der Waals surface area contributed by atoms with Crippen LogP contribution in [0.3, 0.4) is 0 Å². The van der Waals surface area contributed by atoms with Gasteiger partial charge in [0, 0.05) is 23.8 Å². The zero-order valence-electron chi connectivity index (χ0n) is 21.6. The minimum Gasteiger partial charge on any atom is -0.379 e. The van der Waals surface area contributed by atoms with Crippen molar-refractivity contribution in [3.05, 3.63) is 93.7 Å². The van der Waals surface area contributed by atoms with E-state index < -0.39 is 15.3 Å². The molecule has 208 valence electrons. The molecule has 40 heavy (non-hydrogen) atoms. The predicted octanol–water partition coefficient (Wildman–Crippen LogP) is 4.24. The number of morpholine rings is 1. The molecule has 0 bridgehead atoms. The highest BCUT2D eigenvalue weighted by Crippen LogP contribution is 2.26. The number of carbonyl (C=O) groups excluding carboxylic acids is 1. The van der Waals surface area contributed by atoms with Gasteiger partial charge < -0.3 is 10.1 Å². The molecule has 0 unspecified atom stereocenters. The van der Waals surface area contributed by atoms with E-state index in [1.807, 2.05) is 18.2 Å². The summed E-state index contributed by atoms with van der Waals surface area (Å²) < 4.78 is 33.9. The number of sulfonamides is 1. The van der Waals surface area contributed by atoms with E-state index in [2.05, 4.69) is 5.32 Å². The van der Waals surface area contributed by atoms with Gasteiger partial charge in [0.1, 0.15) is 0 Å². The van der Waals surface area contributed by atoms with Gasteiger partial charge in [0.05, 0.1) is 40.8 Å². The van der Waals surface area contributed by atoms with Crippen LogP contribution in [0.1, 0.15) is 12.5 Å². The minimum absolute atomic E-state index is 0.152. The van der Waals surface area contributed by atoms with Crippen molar-refractivity contribution in [3.8, 4) is 0 Å². The van der Waals surface area contributed by atoms with Gasteiger partial charge in [0.15, 0.2) is 5.16 Å². The van der Waals surface area contributed by atoms with Gasteiger partial charge in [-0.3, -0.25) is 14.2 Å². The van der Waals surface area contributed by atoms with Crippen molar-refractivity contribution in [2.45, 2.75) is 28.8 Å². The Hall–Kier alpha value is -3.22. The van der Waals surface area contributed by atoms with Crippen LogP contribution in [-0.2, 0) is 26.1 Å². The van der Waals surface area contributed by atoms with Crippen LogP contribution < -0.4 is 10.9 Å². The van der Waals surface area contributed by atoms with Gasteiger partial charge in [-0.2, -0.15) is 4.31 Å². The number of carbonyl (C=O) groups is 1. The highest BCUT2D eigenvalue weighted by molar-refractivity contribution is 8.00. The zero-order valence-corrected chi connectivity index (χ0v) is 24.0. The molecule has 1 amide bonds. The minimum atomic E-state index is -3.63. The second-order valence-corrected chi connectivity index (χ2v) is 12.8. The molecule has 1 aliphatic heterocycles. The molecular formula is C28H27ClN4O5S2. The lowest BCUT2D eigenvalue weighted by Crippen LogP contribution is -2.40. The molecule has 0 spiro atoms. The molecule has 3 aromatic carbocycles. The van der Waals surface area contributed by atoms with Crippen LogP contribution in [0.4, 0.5) is 5.69 Å². The fourth-order valence-corrected chi connectivity index (χ4v) is 6.79. The first-order valence-corrected chi connectivity index (χ1v) is 15.3. The van der Waals surface area contributed by atoms with Crippen LogP contribution >= 0.6 is 23.4 Å². The Kier molecular flexibility index (Phi) is 8.57. The predicted molar refractivity (Wildman–Crippen MR) is 157 cm³/mol. The molecule has 0 saturated carbocycles. The average molecular weight is 599 g/mol. The summed E-state index contributed by atoms with van der Waals surface area (Å²) in [5.41, 5.74) is 1.53. The maximum atomic E-state index is 13.4. The van der Waals surface area contributed by atoms with Crippen molar-refractivity contribution < 1.29 is 17.9 Å². The summed E-state index contributed by atoms with van der Waals surface area (Å²) in [5, 5.41) is 3.60. The van der Waals surface area contributed by atoms with Gasteiger partial charge in [-0.05, 0) is 55.0 Å². The number of fused-ring (bicyclic) bond motifs is 1. The largest absolute Gasteiger partial charge is 0.379 e. The number of aromatic nitrogens is 2. The first-order chi connectivity index (χ1) is 19.2. The van der Waals surface area contributed by atoms with Crippen molar-refractivity contribution in [2.24, 2.45) is 0 Å². The Morgan fingerprint density at radius 3 is 2.45 bits per heavy atom. The van der Waals surface area contributed by atoms with E-state index >= 15 is 0 Å². The van der Waals surface area contributed by atoms with E-state index in [4.69, 9.17) is 21.3 Å². The molecule has 5 rings (SSSR count). The van der Waals surface area contributed by atoms with Crippen LogP contribution in [0.25, 0.3) is 10.9 Å². The summed E-state index contributed by atoms with van der Waals surface area (Å²) in [5.74, 6) is -0.319. The third-order valence-electron chi connectivity index (χ3n) is 6.49. The number of thioether (sulfide) groups is 1. The molecule has 1 atom stereocenters. The average Bonchev–Trinajstić information content (AvgIpc) is 2.96. The summed E-state index contributed by atoms with van der Waals surface area (Å²) in [7, 11) is -3.63. The van der Waals surface area contributed by atoms with E-state index in [-0.39, 0.29) is 22.9 Å². The van der Waals surface area contributed by atoms with Gasteiger partial charge in [-0.25, -0.2) is 13.4 Å². The van der Waals surface area contributed by atoms with E-state index in [1.54, 1.807) is 49.4 Å². The summed E-state index contributed by atoms with van der Waals surface area (Å²) in [6.07, 6.45) is 0. The molecule has 9 nitrogen and oxygen atoms in total. The lowest BCUT2D eigenvalue weighted by Gasteiger charge is -2.26. The van der Waals surface area contributed by atoms with Crippen LogP contribution in [0.5, 0.6) is 0 Å². The molecule has 12 heteroatoms. The number of para-hydroxylation sites is 1. The van der Waals surface area contributed by atoms with Gasteiger partial charge in [-0.15, -0.1) is 0 Å². The van der Waals surface area contributed by atoms with Crippen molar-refractivity contribution in [2.75, 3.05) is 31.6 Å². The smallest absolute Gasteiger partial charge is 0.262 e. The maximum absolute atomic E-state index is 13.4. The first-order valence-electron chi connectivity index (χ1n) is 12.6. The Balaban J connectivity index is 1.35. The lowest BCUT2D eigenvalue weighted by molar-refractivity contribution is -0.115. The van der Waals surface area contributed by atoms with Gasteiger partial charge in [-0.1, -0.05) is 53.7 Å². The summed E-state index contributed by atoms with van der Waals surface area (Å²) >= 11 is 7.53. The van der Waals surface area contributed by atoms with Crippen molar-refractivity contribution >= 4 is 55.9 Å².